The lowest BCUT2D eigenvalue weighted by molar-refractivity contribution is -0.123. The van der Waals surface area contributed by atoms with Crippen LogP contribution in [0.15, 0.2) is 54.6 Å². The molecular formula is C24H25N3O4. The number of pyridine rings is 1. The second kappa shape index (κ2) is 9.84. The van der Waals surface area contributed by atoms with Gasteiger partial charge in [-0.2, -0.15) is 0 Å². The number of imide groups is 1. The lowest BCUT2D eigenvalue weighted by Crippen LogP contribution is -2.42. The van der Waals surface area contributed by atoms with Gasteiger partial charge < -0.3 is 10.1 Å². The van der Waals surface area contributed by atoms with Crippen molar-refractivity contribution >= 4 is 28.8 Å². The van der Waals surface area contributed by atoms with Crippen molar-refractivity contribution in [2.24, 2.45) is 5.92 Å². The highest BCUT2D eigenvalue weighted by Gasteiger charge is 2.21. The van der Waals surface area contributed by atoms with Crippen LogP contribution >= 0.6 is 0 Å². The molecule has 31 heavy (non-hydrogen) atoms. The molecule has 7 nitrogen and oxygen atoms in total. The molecule has 0 aliphatic heterocycles. The number of hydrogen-bond acceptors (Lipinski definition) is 5. The molecule has 2 aromatic carbocycles. The van der Waals surface area contributed by atoms with E-state index in [9.17, 15) is 14.4 Å². The van der Waals surface area contributed by atoms with Crippen LogP contribution in [0.1, 0.15) is 29.8 Å². The van der Waals surface area contributed by atoms with E-state index in [1.165, 1.54) is 0 Å². The number of para-hydroxylation sites is 1. The number of nitrogens with zero attached hydrogens (tertiary/aromatic N) is 1. The number of urea groups is 1. The number of hydrogen-bond donors (Lipinski definition) is 2. The Bertz CT molecular complexity index is 1110. The van der Waals surface area contributed by atoms with Crippen molar-refractivity contribution in [1.29, 1.82) is 0 Å². The third-order valence-electron chi connectivity index (χ3n) is 4.65. The summed E-state index contributed by atoms with van der Waals surface area (Å²) in [6, 6.07) is 16.2. The van der Waals surface area contributed by atoms with Crippen molar-refractivity contribution in [2.75, 3.05) is 13.2 Å². The number of aromatic nitrogens is 1. The molecule has 0 fully saturated rings. The van der Waals surface area contributed by atoms with E-state index < -0.39 is 24.5 Å². The smallest absolute Gasteiger partial charge is 0.339 e. The quantitative estimate of drug-likeness (QED) is 0.592. The fraction of sp³-hybridized carbons (Fsp3) is 0.250. The topological polar surface area (TPSA) is 97.4 Å². The van der Waals surface area contributed by atoms with E-state index in [2.05, 4.69) is 10.6 Å². The third-order valence-corrected chi connectivity index (χ3v) is 4.65. The molecule has 2 N–H and O–H groups in total. The Morgan fingerprint density at radius 1 is 1.00 bits per heavy atom. The molecule has 0 atom stereocenters. The molecule has 3 aromatic rings. The summed E-state index contributed by atoms with van der Waals surface area (Å²) < 4.78 is 5.24. The lowest BCUT2D eigenvalue weighted by Gasteiger charge is -2.14. The molecule has 0 aliphatic carbocycles. The Morgan fingerprint density at radius 3 is 2.39 bits per heavy atom. The van der Waals surface area contributed by atoms with E-state index in [0.29, 0.717) is 34.3 Å². The molecule has 0 radical (unpaired) electrons. The van der Waals surface area contributed by atoms with Crippen LogP contribution in [0.2, 0.25) is 0 Å². The van der Waals surface area contributed by atoms with Gasteiger partial charge >= 0.3 is 12.0 Å². The van der Waals surface area contributed by atoms with E-state index in [-0.39, 0.29) is 5.92 Å². The van der Waals surface area contributed by atoms with Crippen molar-refractivity contribution in [2.45, 2.75) is 20.8 Å². The number of rotatable bonds is 6. The molecular weight excluding hydrogens is 394 g/mol. The van der Waals surface area contributed by atoms with Crippen LogP contribution < -0.4 is 10.6 Å². The summed E-state index contributed by atoms with van der Waals surface area (Å²) >= 11 is 0. The van der Waals surface area contributed by atoms with E-state index in [4.69, 9.17) is 9.72 Å². The van der Waals surface area contributed by atoms with Gasteiger partial charge in [0.25, 0.3) is 5.91 Å². The number of fused-ring (bicyclic) bond motifs is 1. The van der Waals surface area contributed by atoms with E-state index in [1.54, 1.807) is 13.0 Å². The zero-order chi connectivity index (χ0) is 22.4. The molecule has 0 aliphatic rings. The molecule has 160 valence electrons. The van der Waals surface area contributed by atoms with Gasteiger partial charge in [-0.3, -0.25) is 10.1 Å². The Kier molecular flexibility index (Phi) is 6.97. The number of nitrogens with one attached hydrogen (secondary N) is 2. The summed E-state index contributed by atoms with van der Waals surface area (Å²) in [5.74, 6) is -1.10. The standard InChI is InChI=1S/C24H25N3O4/c1-15(2)13-25-24(30)27-20(28)14-31-23(29)21-16(3)22(17-9-5-4-6-10-17)26-19-12-8-7-11-18(19)21/h4-12,15H,13-14H2,1-3H3,(H2,25,27,28,30). The molecule has 1 aromatic heterocycles. The average molecular weight is 419 g/mol. The Morgan fingerprint density at radius 2 is 1.68 bits per heavy atom. The summed E-state index contributed by atoms with van der Waals surface area (Å²) in [5.41, 5.74) is 3.20. The van der Waals surface area contributed by atoms with Gasteiger partial charge in [0.05, 0.1) is 16.8 Å². The number of benzene rings is 2. The maximum Gasteiger partial charge on any atom is 0.339 e. The van der Waals surface area contributed by atoms with Crippen LogP contribution in [-0.2, 0) is 9.53 Å². The van der Waals surface area contributed by atoms with Crippen LogP contribution in [0, 0.1) is 12.8 Å². The molecule has 3 rings (SSSR count). The second-order valence-corrected chi connectivity index (χ2v) is 7.57. The van der Waals surface area contributed by atoms with Gasteiger partial charge in [-0.05, 0) is 24.5 Å². The first-order valence-electron chi connectivity index (χ1n) is 10.1. The van der Waals surface area contributed by atoms with Crippen molar-refractivity contribution in [3.8, 4) is 11.3 Å². The van der Waals surface area contributed by atoms with Gasteiger partial charge in [0.2, 0.25) is 0 Å². The number of esters is 1. The van der Waals surface area contributed by atoms with Crippen molar-refractivity contribution in [1.82, 2.24) is 15.6 Å². The van der Waals surface area contributed by atoms with E-state index in [1.807, 2.05) is 62.4 Å². The average Bonchev–Trinajstić information content (AvgIpc) is 2.76. The maximum atomic E-state index is 12.9. The first kappa shape index (κ1) is 22.0. The van der Waals surface area contributed by atoms with Crippen LogP contribution in [0.4, 0.5) is 4.79 Å². The van der Waals surface area contributed by atoms with Crippen molar-refractivity contribution in [3.05, 3.63) is 65.7 Å². The molecule has 3 amide bonds. The largest absolute Gasteiger partial charge is 0.452 e. The summed E-state index contributed by atoms with van der Waals surface area (Å²) in [4.78, 5) is 41.4. The number of carbonyl (C=O) groups excluding carboxylic acids is 3. The van der Waals surface area contributed by atoms with Crippen LogP contribution in [0.25, 0.3) is 22.2 Å². The molecule has 1 heterocycles. The highest BCUT2D eigenvalue weighted by Crippen LogP contribution is 2.30. The van der Waals surface area contributed by atoms with Crippen LogP contribution in [-0.4, -0.2) is 36.0 Å². The molecule has 0 bridgehead atoms. The summed E-state index contributed by atoms with van der Waals surface area (Å²) in [6.07, 6.45) is 0. The Hall–Kier alpha value is -3.74. The Labute approximate surface area is 180 Å². The summed E-state index contributed by atoms with van der Waals surface area (Å²) in [6.45, 7) is 5.55. The van der Waals surface area contributed by atoms with Gasteiger partial charge in [0.15, 0.2) is 6.61 Å². The van der Waals surface area contributed by atoms with E-state index >= 15 is 0 Å². The predicted molar refractivity (Wildman–Crippen MR) is 119 cm³/mol. The molecule has 0 spiro atoms. The van der Waals surface area contributed by atoms with Crippen LogP contribution in [0.3, 0.4) is 0 Å². The van der Waals surface area contributed by atoms with Crippen molar-refractivity contribution in [3.63, 3.8) is 0 Å². The molecule has 7 heteroatoms. The highest BCUT2D eigenvalue weighted by molar-refractivity contribution is 6.07. The molecule has 0 unspecified atom stereocenters. The molecule has 0 saturated carbocycles. The first-order valence-corrected chi connectivity index (χ1v) is 10.1. The minimum atomic E-state index is -0.700. The first-order chi connectivity index (χ1) is 14.9. The molecule has 0 saturated heterocycles. The van der Waals surface area contributed by atoms with Gasteiger partial charge in [-0.25, -0.2) is 14.6 Å². The fourth-order valence-corrected chi connectivity index (χ4v) is 3.15. The summed E-state index contributed by atoms with van der Waals surface area (Å²) in [5, 5.41) is 5.36. The Balaban J connectivity index is 1.81. The van der Waals surface area contributed by atoms with E-state index in [0.717, 1.165) is 5.56 Å². The minimum absolute atomic E-state index is 0.250. The van der Waals surface area contributed by atoms with Gasteiger partial charge in [-0.15, -0.1) is 0 Å². The number of amides is 3. The summed E-state index contributed by atoms with van der Waals surface area (Å²) in [7, 11) is 0. The minimum Gasteiger partial charge on any atom is -0.452 e. The SMILES string of the molecule is Cc1c(-c2ccccc2)nc2ccccc2c1C(=O)OCC(=O)NC(=O)NCC(C)C. The fourth-order valence-electron chi connectivity index (χ4n) is 3.15. The predicted octanol–water partition coefficient (Wildman–Crippen LogP) is 3.85. The van der Waals surface area contributed by atoms with Crippen LogP contribution in [0.5, 0.6) is 0 Å². The second-order valence-electron chi connectivity index (χ2n) is 7.57. The number of ether oxygens (including phenoxy) is 1. The zero-order valence-corrected chi connectivity index (χ0v) is 17.8. The van der Waals surface area contributed by atoms with Gasteiger partial charge in [0.1, 0.15) is 0 Å². The monoisotopic (exact) mass is 419 g/mol. The van der Waals surface area contributed by atoms with Gasteiger partial charge in [-0.1, -0.05) is 62.4 Å². The lowest BCUT2D eigenvalue weighted by atomic mass is 9.98. The highest BCUT2D eigenvalue weighted by atomic mass is 16.5. The normalized spacial score (nSPS) is 10.7. The zero-order valence-electron chi connectivity index (χ0n) is 17.8. The number of carbonyl (C=O) groups is 3. The maximum absolute atomic E-state index is 12.9. The van der Waals surface area contributed by atoms with Gasteiger partial charge in [0, 0.05) is 17.5 Å². The third kappa shape index (κ3) is 5.45. The van der Waals surface area contributed by atoms with Crippen molar-refractivity contribution < 1.29 is 19.1 Å².